The molecule has 0 saturated heterocycles. The number of carboxylic acids is 1. The number of nitrogens with zero attached hydrogens (tertiary/aromatic N) is 1. The molecule has 0 aliphatic heterocycles. The third-order valence-electron chi connectivity index (χ3n) is 2.88. The Morgan fingerprint density at radius 2 is 1.84 bits per heavy atom. The highest BCUT2D eigenvalue weighted by Crippen LogP contribution is 2.20. The van der Waals surface area contributed by atoms with Crippen LogP contribution in [-0.4, -0.2) is 29.6 Å². The van der Waals surface area contributed by atoms with Gasteiger partial charge < -0.3 is 15.7 Å². The number of nitrogens with two attached hydrogens (primary N) is 1. The highest BCUT2D eigenvalue weighted by Gasteiger charge is 2.26. The second kappa shape index (κ2) is 6.54. The van der Waals surface area contributed by atoms with E-state index in [1.165, 1.54) is 4.90 Å². The number of carbonyl (C=O) groups excluding carboxylic acids is 1. The van der Waals surface area contributed by atoms with Gasteiger partial charge >= 0.3 is 5.97 Å². The van der Waals surface area contributed by atoms with Crippen LogP contribution in [0.25, 0.3) is 0 Å². The molecule has 2 atom stereocenters. The van der Waals surface area contributed by atoms with Crippen molar-refractivity contribution in [2.45, 2.75) is 19.9 Å². The van der Waals surface area contributed by atoms with Gasteiger partial charge in [-0.1, -0.05) is 18.5 Å². The molecule has 0 aliphatic carbocycles. The summed E-state index contributed by atoms with van der Waals surface area (Å²) in [4.78, 5) is 24.4. The van der Waals surface area contributed by atoms with Gasteiger partial charge in [-0.2, -0.15) is 0 Å². The van der Waals surface area contributed by atoms with Crippen molar-refractivity contribution in [1.29, 1.82) is 0 Å². The van der Waals surface area contributed by atoms with E-state index in [1.807, 2.05) is 0 Å². The minimum atomic E-state index is -1.08. The summed E-state index contributed by atoms with van der Waals surface area (Å²) >= 11 is 5.77. The van der Waals surface area contributed by atoms with E-state index in [4.69, 9.17) is 22.4 Å². The average Bonchev–Trinajstić information content (AvgIpc) is 2.35. The highest BCUT2D eigenvalue weighted by molar-refractivity contribution is 6.30. The lowest BCUT2D eigenvalue weighted by atomic mass is 10.0. The highest BCUT2D eigenvalue weighted by atomic mass is 35.5. The fourth-order valence-electron chi connectivity index (χ4n) is 1.52. The largest absolute Gasteiger partial charge is 0.480 e. The number of aliphatic carboxylic acids is 1. The number of benzene rings is 1. The number of halogens is 1. The molecule has 0 aromatic heterocycles. The summed E-state index contributed by atoms with van der Waals surface area (Å²) in [6.07, 6.45) is 0. The van der Waals surface area contributed by atoms with E-state index < -0.39 is 18.4 Å². The van der Waals surface area contributed by atoms with Gasteiger partial charge in [0.05, 0.1) is 5.92 Å². The summed E-state index contributed by atoms with van der Waals surface area (Å²) in [7, 11) is 0. The van der Waals surface area contributed by atoms with Crippen molar-refractivity contribution in [3.8, 4) is 0 Å². The van der Waals surface area contributed by atoms with Crippen LogP contribution in [0.4, 0.5) is 5.69 Å². The van der Waals surface area contributed by atoms with Gasteiger partial charge in [0.1, 0.15) is 6.54 Å². The molecule has 1 aromatic rings. The van der Waals surface area contributed by atoms with Crippen molar-refractivity contribution >= 4 is 29.2 Å². The molecule has 1 rings (SSSR count). The van der Waals surface area contributed by atoms with Crippen molar-refractivity contribution in [1.82, 2.24) is 0 Å². The lowest BCUT2D eigenvalue weighted by Gasteiger charge is -2.26. The van der Waals surface area contributed by atoms with E-state index in [1.54, 1.807) is 38.1 Å². The first-order valence-corrected chi connectivity index (χ1v) is 6.25. The number of hydrogen-bond acceptors (Lipinski definition) is 3. The van der Waals surface area contributed by atoms with Gasteiger partial charge in [-0.3, -0.25) is 9.59 Å². The fraction of sp³-hybridized carbons (Fsp3) is 0.385. The molecule has 19 heavy (non-hydrogen) atoms. The molecule has 0 radical (unpaired) electrons. The molecule has 0 spiro atoms. The summed E-state index contributed by atoms with van der Waals surface area (Å²) in [5, 5.41) is 9.44. The molecule has 0 fully saturated rings. The van der Waals surface area contributed by atoms with Crippen LogP contribution in [0.1, 0.15) is 13.8 Å². The normalized spacial score (nSPS) is 13.7. The lowest BCUT2D eigenvalue weighted by molar-refractivity contribution is -0.137. The molecule has 6 heteroatoms. The molecule has 0 bridgehead atoms. The standard InChI is InChI=1S/C13H17ClN2O3/c1-8(9(2)15)13(19)16(7-12(17)18)11-5-3-10(14)4-6-11/h3-6,8-9H,7,15H2,1-2H3,(H,17,18). The van der Waals surface area contributed by atoms with E-state index in [0.29, 0.717) is 10.7 Å². The van der Waals surface area contributed by atoms with Crippen LogP contribution in [0.5, 0.6) is 0 Å². The first-order chi connectivity index (χ1) is 8.82. The molecule has 1 aromatic carbocycles. The second-order valence-electron chi connectivity index (χ2n) is 4.44. The zero-order valence-corrected chi connectivity index (χ0v) is 11.6. The van der Waals surface area contributed by atoms with Gasteiger partial charge in [0.2, 0.25) is 5.91 Å². The fourth-order valence-corrected chi connectivity index (χ4v) is 1.65. The van der Waals surface area contributed by atoms with E-state index in [-0.39, 0.29) is 11.9 Å². The third-order valence-corrected chi connectivity index (χ3v) is 3.13. The van der Waals surface area contributed by atoms with Gasteiger partial charge in [-0.25, -0.2) is 0 Å². The van der Waals surface area contributed by atoms with Crippen molar-refractivity contribution in [3.05, 3.63) is 29.3 Å². The van der Waals surface area contributed by atoms with E-state index in [2.05, 4.69) is 0 Å². The predicted octanol–water partition coefficient (Wildman–Crippen LogP) is 1.74. The van der Waals surface area contributed by atoms with Crippen LogP contribution in [0.15, 0.2) is 24.3 Å². The average molecular weight is 285 g/mol. The molecule has 1 amide bonds. The van der Waals surface area contributed by atoms with Crippen LogP contribution in [-0.2, 0) is 9.59 Å². The zero-order chi connectivity index (χ0) is 14.6. The summed E-state index contributed by atoms with van der Waals surface area (Å²) in [6.45, 7) is 2.98. The van der Waals surface area contributed by atoms with E-state index in [0.717, 1.165) is 0 Å². The van der Waals surface area contributed by atoms with Crippen LogP contribution < -0.4 is 10.6 Å². The van der Waals surface area contributed by atoms with Crippen molar-refractivity contribution < 1.29 is 14.7 Å². The third kappa shape index (κ3) is 4.22. The molecular weight excluding hydrogens is 268 g/mol. The molecule has 0 saturated carbocycles. The SMILES string of the molecule is CC(N)C(C)C(=O)N(CC(=O)O)c1ccc(Cl)cc1. The maximum atomic E-state index is 12.3. The number of anilines is 1. The smallest absolute Gasteiger partial charge is 0.323 e. The van der Waals surface area contributed by atoms with Gasteiger partial charge in [-0.05, 0) is 31.2 Å². The first kappa shape index (κ1) is 15.5. The topological polar surface area (TPSA) is 83.6 Å². The molecule has 0 heterocycles. The zero-order valence-electron chi connectivity index (χ0n) is 10.8. The minimum absolute atomic E-state index is 0.320. The predicted molar refractivity (Wildman–Crippen MR) is 74.3 cm³/mol. The van der Waals surface area contributed by atoms with Crippen LogP contribution in [0, 0.1) is 5.92 Å². The molecule has 5 nitrogen and oxygen atoms in total. The maximum absolute atomic E-state index is 12.3. The molecular formula is C13H17ClN2O3. The molecule has 104 valence electrons. The molecule has 2 unspecified atom stereocenters. The summed E-state index contributed by atoms with van der Waals surface area (Å²) in [5.41, 5.74) is 6.18. The first-order valence-electron chi connectivity index (χ1n) is 5.87. The minimum Gasteiger partial charge on any atom is -0.480 e. The Morgan fingerprint density at radius 1 is 1.32 bits per heavy atom. The number of hydrogen-bond donors (Lipinski definition) is 2. The van der Waals surface area contributed by atoms with Gasteiger partial charge in [0, 0.05) is 16.8 Å². The Balaban J connectivity index is 3.04. The van der Waals surface area contributed by atoms with Crippen molar-refractivity contribution in [2.75, 3.05) is 11.4 Å². The number of amides is 1. The lowest BCUT2D eigenvalue weighted by Crippen LogP contribution is -2.44. The van der Waals surface area contributed by atoms with Crippen LogP contribution in [0.3, 0.4) is 0 Å². The van der Waals surface area contributed by atoms with E-state index in [9.17, 15) is 9.59 Å². The summed E-state index contributed by atoms with van der Waals surface area (Å²) in [5.74, 6) is -1.87. The number of carboxylic acid groups (broad SMARTS) is 1. The summed E-state index contributed by atoms with van der Waals surface area (Å²) < 4.78 is 0. The van der Waals surface area contributed by atoms with Crippen LogP contribution in [0.2, 0.25) is 5.02 Å². The number of carbonyl (C=O) groups is 2. The van der Waals surface area contributed by atoms with Crippen molar-refractivity contribution in [3.63, 3.8) is 0 Å². The maximum Gasteiger partial charge on any atom is 0.323 e. The van der Waals surface area contributed by atoms with Crippen LogP contribution >= 0.6 is 11.6 Å². The number of rotatable bonds is 5. The van der Waals surface area contributed by atoms with E-state index >= 15 is 0 Å². The quantitative estimate of drug-likeness (QED) is 0.863. The Hall–Kier alpha value is -1.59. The molecule has 0 aliphatic rings. The van der Waals surface area contributed by atoms with Gasteiger partial charge in [0.25, 0.3) is 0 Å². The Bertz CT molecular complexity index is 459. The monoisotopic (exact) mass is 284 g/mol. The Labute approximate surface area is 117 Å². The summed E-state index contributed by atoms with van der Waals surface area (Å²) in [6, 6.07) is 6.08. The Morgan fingerprint density at radius 3 is 2.26 bits per heavy atom. The second-order valence-corrected chi connectivity index (χ2v) is 4.88. The molecule has 3 N–H and O–H groups in total. The van der Waals surface area contributed by atoms with Crippen molar-refractivity contribution in [2.24, 2.45) is 11.7 Å². The van der Waals surface area contributed by atoms with Gasteiger partial charge in [-0.15, -0.1) is 0 Å². The Kier molecular flexibility index (Phi) is 5.32. The van der Waals surface area contributed by atoms with Gasteiger partial charge in [0.15, 0.2) is 0 Å².